The molecule has 0 aromatic heterocycles. The highest BCUT2D eigenvalue weighted by Crippen LogP contribution is 2.30. The lowest BCUT2D eigenvalue weighted by atomic mass is 10.1. The Hall–Kier alpha value is -2.62. The number of benzene rings is 2. The second kappa shape index (κ2) is 11.4. The van der Waals surface area contributed by atoms with Crippen LogP contribution in [0.2, 0.25) is 10.0 Å². The minimum atomic E-state index is -3.95. The van der Waals surface area contributed by atoms with E-state index in [1.807, 2.05) is 6.92 Å². The van der Waals surface area contributed by atoms with Crippen molar-refractivity contribution >= 4 is 50.9 Å². The van der Waals surface area contributed by atoms with Crippen molar-refractivity contribution < 1.29 is 22.8 Å². The Labute approximate surface area is 215 Å². The van der Waals surface area contributed by atoms with E-state index in [0.29, 0.717) is 22.2 Å². The summed E-state index contributed by atoms with van der Waals surface area (Å²) in [5.74, 6) is -1.32. The molecule has 3 rings (SSSR count). The van der Waals surface area contributed by atoms with Crippen molar-refractivity contribution in [3.63, 3.8) is 0 Å². The molecule has 1 aliphatic rings. The van der Waals surface area contributed by atoms with Gasteiger partial charge in [0.25, 0.3) is 15.9 Å². The van der Waals surface area contributed by atoms with E-state index < -0.39 is 22.0 Å². The summed E-state index contributed by atoms with van der Waals surface area (Å²) in [4.78, 5) is 39.8. The highest BCUT2D eigenvalue weighted by Gasteiger charge is 2.40. The number of carbonyl (C=O) groups is 3. The van der Waals surface area contributed by atoms with Crippen LogP contribution in [0.1, 0.15) is 49.0 Å². The summed E-state index contributed by atoms with van der Waals surface area (Å²) in [6.45, 7) is 3.85. The van der Waals surface area contributed by atoms with Crippen molar-refractivity contribution in [1.82, 2.24) is 14.5 Å². The zero-order valence-corrected chi connectivity index (χ0v) is 21.8. The maximum absolute atomic E-state index is 13.2. The maximum atomic E-state index is 13.2. The van der Waals surface area contributed by atoms with Gasteiger partial charge in [0.2, 0.25) is 11.8 Å². The fraction of sp³-hybridized carbons (Fsp3) is 0.375. The monoisotopic (exact) mass is 539 g/mol. The van der Waals surface area contributed by atoms with E-state index in [1.54, 1.807) is 37.3 Å². The zero-order valence-electron chi connectivity index (χ0n) is 19.5. The van der Waals surface area contributed by atoms with Gasteiger partial charge in [0.15, 0.2) is 0 Å². The smallest absolute Gasteiger partial charge is 0.269 e. The summed E-state index contributed by atoms with van der Waals surface area (Å²) in [5, 5.41) is 3.51. The molecule has 0 aliphatic carbocycles. The molecule has 0 radical (unpaired) electrons. The van der Waals surface area contributed by atoms with Crippen LogP contribution in [-0.2, 0) is 26.2 Å². The van der Waals surface area contributed by atoms with Gasteiger partial charge in [-0.25, -0.2) is 12.7 Å². The molecule has 2 aromatic rings. The van der Waals surface area contributed by atoms with Crippen LogP contribution in [0.25, 0.3) is 0 Å². The maximum Gasteiger partial charge on any atom is 0.269 e. The lowest BCUT2D eigenvalue weighted by molar-refractivity contribution is -0.140. The second-order valence-electron chi connectivity index (χ2n) is 8.17. The van der Waals surface area contributed by atoms with Gasteiger partial charge in [0, 0.05) is 41.7 Å². The average molecular weight is 540 g/mol. The van der Waals surface area contributed by atoms with Crippen LogP contribution in [0.3, 0.4) is 0 Å². The zero-order chi connectivity index (χ0) is 25.8. The summed E-state index contributed by atoms with van der Waals surface area (Å²) < 4.78 is 26.3. The Bertz CT molecular complexity index is 1220. The first-order chi connectivity index (χ1) is 16.6. The molecule has 188 valence electrons. The highest BCUT2D eigenvalue weighted by atomic mass is 35.5. The summed E-state index contributed by atoms with van der Waals surface area (Å²) in [6, 6.07) is 10.2. The van der Waals surface area contributed by atoms with Gasteiger partial charge in [-0.05, 0) is 44.0 Å². The topological polar surface area (TPSA) is 104 Å². The molecule has 0 bridgehead atoms. The van der Waals surface area contributed by atoms with E-state index in [1.165, 1.54) is 17.0 Å². The number of hydrogen-bond acceptors (Lipinski definition) is 5. The molecule has 0 spiro atoms. The number of carbonyl (C=O) groups excluding carboxylic acids is 3. The summed E-state index contributed by atoms with van der Waals surface area (Å²) >= 11 is 12.6. The van der Waals surface area contributed by atoms with Gasteiger partial charge in [-0.15, -0.1) is 0 Å². The normalized spacial score (nSPS) is 15.0. The first kappa shape index (κ1) is 27.0. The molecule has 0 saturated heterocycles. The molecular formula is C24H27Cl2N3O5S. The number of nitrogens with one attached hydrogen (secondary N) is 1. The predicted octanol–water partition coefficient (Wildman–Crippen LogP) is 3.86. The molecule has 1 atom stereocenters. The van der Waals surface area contributed by atoms with Gasteiger partial charge in [-0.2, -0.15) is 0 Å². The van der Waals surface area contributed by atoms with Crippen molar-refractivity contribution in [2.45, 2.75) is 50.6 Å². The molecule has 35 heavy (non-hydrogen) atoms. The van der Waals surface area contributed by atoms with Crippen LogP contribution < -0.4 is 5.32 Å². The van der Waals surface area contributed by atoms with Crippen molar-refractivity contribution in [3.8, 4) is 0 Å². The van der Waals surface area contributed by atoms with Crippen LogP contribution in [0.5, 0.6) is 0 Å². The van der Waals surface area contributed by atoms with E-state index in [2.05, 4.69) is 5.32 Å². The Morgan fingerprint density at radius 1 is 1.09 bits per heavy atom. The minimum Gasteiger partial charge on any atom is -0.354 e. The van der Waals surface area contributed by atoms with E-state index in [9.17, 15) is 22.8 Å². The third-order valence-corrected chi connectivity index (χ3v) is 8.32. The fourth-order valence-electron chi connectivity index (χ4n) is 3.80. The average Bonchev–Trinajstić information content (AvgIpc) is 3.02. The van der Waals surface area contributed by atoms with E-state index in [0.717, 1.165) is 10.7 Å². The predicted molar refractivity (Wildman–Crippen MR) is 134 cm³/mol. The van der Waals surface area contributed by atoms with Crippen molar-refractivity contribution in [1.29, 1.82) is 0 Å². The molecular weight excluding hydrogens is 513 g/mol. The number of fused-ring (bicyclic) bond motifs is 1. The molecule has 8 nitrogen and oxygen atoms in total. The molecule has 0 fully saturated rings. The molecule has 2 aromatic carbocycles. The number of halogens is 2. The molecule has 0 unspecified atom stereocenters. The SMILES string of the molecule is CCCNC(=O)[C@@H](C)N(Cc1c(Cl)cccc1Cl)C(=O)CCCN1C(=O)c2ccccc2S1(=O)=O. The molecule has 1 heterocycles. The van der Waals surface area contributed by atoms with Gasteiger partial charge < -0.3 is 10.2 Å². The molecule has 0 saturated carbocycles. The number of amides is 3. The van der Waals surface area contributed by atoms with E-state index >= 15 is 0 Å². The van der Waals surface area contributed by atoms with Crippen LogP contribution in [0.15, 0.2) is 47.4 Å². The number of hydrogen-bond donors (Lipinski definition) is 1. The van der Waals surface area contributed by atoms with Gasteiger partial charge in [0.05, 0.1) is 5.56 Å². The first-order valence-electron chi connectivity index (χ1n) is 11.3. The van der Waals surface area contributed by atoms with Crippen LogP contribution >= 0.6 is 23.2 Å². The molecule has 1 aliphatic heterocycles. The summed E-state index contributed by atoms with van der Waals surface area (Å²) in [6.07, 6.45) is 0.750. The Balaban J connectivity index is 1.74. The van der Waals surface area contributed by atoms with Crippen LogP contribution in [-0.4, -0.2) is 54.5 Å². The number of sulfonamides is 1. The third-order valence-electron chi connectivity index (χ3n) is 5.77. The standard InChI is InChI=1S/C24H27Cl2N3O5S/c1-3-13-27-23(31)16(2)28(15-18-19(25)9-6-10-20(18)26)22(30)12-7-14-29-24(32)17-8-4-5-11-21(17)35(29,33)34/h4-6,8-11,16H,3,7,12-15H2,1-2H3,(H,27,31)/t16-/m1/s1. The van der Waals surface area contributed by atoms with E-state index in [-0.39, 0.29) is 48.2 Å². The van der Waals surface area contributed by atoms with Crippen LogP contribution in [0.4, 0.5) is 0 Å². The van der Waals surface area contributed by atoms with Gasteiger partial charge in [-0.1, -0.05) is 48.3 Å². The van der Waals surface area contributed by atoms with Gasteiger partial charge in [-0.3, -0.25) is 14.4 Å². The quantitative estimate of drug-likeness (QED) is 0.493. The first-order valence-corrected chi connectivity index (χ1v) is 13.4. The minimum absolute atomic E-state index is 0.00440. The molecule has 1 N–H and O–H groups in total. The fourth-order valence-corrected chi connectivity index (χ4v) is 5.93. The van der Waals surface area contributed by atoms with E-state index in [4.69, 9.17) is 23.2 Å². The Morgan fingerprint density at radius 2 is 1.74 bits per heavy atom. The highest BCUT2D eigenvalue weighted by molar-refractivity contribution is 7.90. The Morgan fingerprint density at radius 3 is 2.37 bits per heavy atom. The number of rotatable bonds is 10. The largest absolute Gasteiger partial charge is 0.354 e. The molecule has 3 amide bonds. The second-order valence-corrected chi connectivity index (χ2v) is 10.8. The number of nitrogens with zero attached hydrogens (tertiary/aromatic N) is 2. The van der Waals surface area contributed by atoms with Crippen molar-refractivity contribution in [2.24, 2.45) is 0 Å². The molecule has 11 heteroatoms. The lowest BCUT2D eigenvalue weighted by Crippen LogP contribution is -2.48. The summed E-state index contributed by atoms with van der Waals surface area (Å²) in [5.41, 5.74) is 0.627. The summed E-state index contributed by atoms with van der Waals surface area (Å²) in [7, 11) is -3.95. The van der Waals surface area contributed by atoms with Gasteiger partial charge >= 0.3 is 0 Å². The lowest BCUT2D eigenvalue weighted by Gasteiger charge is -2.29. The van der Waals surface area contributed by atoms with Crippen molar-refractivity contribution in [3.05, 3.63) is 63.6 Å². The van der Waals surface area contributed by atoms with Crippen molar-refractivity contribution in [2.75, 3.05) is 13.1 Å². The Kier molecular flexibility index (Phi) is 8.79. The van der Waals surface area contributed by atoms with Gasteiger partial charge in [0.1, 0.15) is 10.9 Å². The third kappa shape index (κ3) is 5.79. The van der Waals surface area contributed by atoms with Crippen LogP contribution in [0, 0.1) is 0 Å².